The normalized spacial score (nSPS) is 12.8. The average molecular weight is 248 g/mol. The highest BCUT2D eigenvalue weighted by Gasteiger charge is 2.25. The maximum Gasteiger partial charge on any atom is 0.244 e. The summed E-state index contributed by atoms with van der Waals surface area (Å²) in [6, 6.07) is 10.1. The molecule has 3 heteroatoms. The molecule has 0 unspecified atom stereocenters. The van der Waals surface area contributed by atoms with Crippen molar-refractivity contribution >= 4 is 5.91 Å². The fourth-order valence-electron chi connectivity index (χ4n) is 1.75. The van der Waals surface area contributed by atoms with E-state index >= 15 is 0 Å². The van der Waals surface area contributed by atoms with Crippen molar-refractivity contribution in [3.8, 4) is 0 Å². The summed E-state index contributed by atoms with van der Waals surface area (Å²) in [6.07, 6.45) is 0. The second-order valence-corrected chi connectivity index (χ2v) is 5.21. The van der Waals surface area contributed by atoms with Crippen molar-refractivity contribution in [2.75, 3.05) is 7.05 Å². The zero-order chi connectivity index (χ0) is 13.7. The molecule has 0 aliphatic heterocycles. The highest BCUT2D eigenvalue weighted by atomic mass is 16.2. The zero-order valence-corrected chi connectivity index (χ0v) is 12.0. The molecule has 0 aliphatic rings. The van der Waals surface area contributed by atoms with Gasteiger partial charge in [0.15, 0.2) is 0 Å². The third kappa shape index (κ3) is 3.84. The number of hydrogen-bond acceptors (Lipinski definition) is 2. The molecule has 1 N–H and O–H groups in total. The van der Waals surface area contributed by atoms with Gasteiger partial charge in [0, 0.05) is 19.1 Å². The summed E-state index contributed by atoms with van der Waals surface area (Å²) >= 11 is 0. The van der Waals surface area contributed by atoms with Crippen molar-refractivity contribution in [1.82, 2.24) is 10.2 Å². The van der Waals surface area contributed by atoms with Crippen LogP contribution in [0, 0.1) is 0 Å². The molecule has 1 atom stereocenters. The van der Waals surface area contributed by atoms with Crippen LogP contribution in [0.2, 0.25) is 0 Å². The van der Waals surface area contributed by atoms with E-state index in [0.29, 0.717) is 0 Å². The van der Waals surface area contributed by atoms with E-state index < -0.39 is 0 Å². The minimum atomic E-state index is -0.265. The molecular formula is C15H24N2O. The Hall–Kier alpha value is -1.35. The topological polar surface area (TPSA) is 32.3 Å². The van der Waals surface area contributed by atoms with Gasteiger partial charge in [-0.2, -0.15) is 0 Å². The van der Waals surface area contributed by atoms with E-state index in [2.05, 4.69) is 19.2 Å². The minimum Gasteiger partial charge on any atom is -0.342 e. The lowest BCUT2D eigenvalue weighted by molar-refractivity contribution is -0.134. The fraction of sp³-hybridized carbons (Fsp3) is 0.533. The number of carbonyl (C=O) groups excluding carboxylic acids is 1. The van der Waals surface area contributed by atoms with Gasteiger partial charge < -0.3 is 4.90 Å². The number of nitrogens with one attached hydrogen (secondary N) is 1. The van der Waals surface area contributed by atoms with Crippen molar-refractivity contribution in [3.05, 3.63) is 35.9 Å². The Morgan fingerprint density at radius 2 is 1.67 bits per heavy atom. The molecule has 1 aromatic rings. The molecule has 100 valence electrons. The number of benzene rings is 1. The molecule has 1 amide bonds. The van der Waals surface area contributed by atoms with Gasteiger partial charge in [-0.3, -0.25) is 10.1 Å². The van der Waals surface area contributed by atoms with Crippen molar-refractivity contribution in [3.63, 3.8) is 0 Å². The molecule has 0 spiro atoms. The van der Waals surface area contributed by atoms with E-state index in [1.54, 1.807) is 4.90 Å². The predicted octanol–water partition coefficient (Wildman–Crippen LogP) is 2.59. The van der Waals surface area contributed by atoms with Crippen molar-refractivity contribution < 1.29 is 4.79 Å². The summed E-state index contributed by atoms with van der Waals surface area (Å²) in [6.45, 7) is 8.15. The molecule has 3 nitrogen and oxygen atoms in total. The molecule has 1 aromatic carbocycles. The first-order chi connectivity index (χ1) is 8.43. The maximum atomic E-state index is 12.5. The van der Waals surface area contributed by atoms with Gasteiger partial charge in [-0.15, -0.1) is 0 Å². The molecule has 0 heterocycles. The van der Waals surface area contributed by atoms with Crippen LogP contribution in [-0.2, 0) is 4.79 Å². The van der Waals surface area contributed by atoms with Crippen LogP contribution in [-0.4, -0.2) is 29.9 Å². The van der Waals surface area contributed by atoms with E-state index in [9.17, 15) is 4.79 Å². The first-order valence-electron chi connectivity index (χ1n) is 6.51. The molecular weight excluding hydrogens is 224 g/mol. The molecule has 0 fully saturated rings. The third-order valence-electron chi connectivity index (χ3n) is 3.00. The van der Waals surface area contributed by atoms with Gasteiger partial charge in [0.2, 0.25) is 5.91 Å². The van der Waals surface area contributed by atoms with Crippen LogP contribution in [0.1, 0.15) is 39.3 Å². The molecule has 0 radical (unpaired) electrons. The minimum absolute atomic E-state index is 0.116. The lowest BCUT2D eigenvalue weighted by Gasteiger charge is -2.29. The Balaban J connectivity index is 2.95. The van der Waals surface area contributed by atoms with Gasteiger partial charge in [0.25, 0.3) is 0 Å². The highest BCUT2D eigenvalue weighted by Crippen LogP contribution is 2.17. The van der Waals surface area contributed by atoms with E-state index in [1.165, 1.54) is 0 Å². The van der Waals surface area contributed by atoms with Crippen LogP contribution >= 0.6 is 0 Å². The number of likely N-dealkylation sites (N-methyl/N-ethyl adjacent to an activating group) is 1. The van der Waals surface area contributed by atoms with Crippen LogP contribution in [0.5, 0.6) is 0 Å². The van der Waals surface area contributed by atoms with Crippen LogP contribution in [0.25, 0.3) is 0 Å². The Morgan fingerprint density at radius 1 is 1.11 bits per heavy atom. The summed E-state index contributed by atoms with van der Waals surface area (Å²) in [4.78, 5) is 14.3. The lowest BCUT2D eigenvalue weighted by atomic mass is 10.0. The number of hydrogen-bond donors (Lipinski definition) is 1. The summed E-state index contributed by atoms with van der Waals surface area (Å²) < 4.78 is 0. The quantitative estimate of drug-likeness (QED) is 0.868. The standard InChI is InChI=1S/C15H24N2O/c1-11(2)16-14(13-9-7-6-8-10-13)15(18)17(5)12(3)4/h6-12,14,16H,1-5H3/t14-/m1/s1. The molecule has 0 saturated carbocycles. The van der Waals surface area contributed by atoms with Gasteiger partial charge in [-0.05, 0) is 33.3 Å². The monoisotopic (exact) mass is 248 g/mol. The van der Waals surface area contributed by atoms with Crippen LogP contribution in [0.3, 0.4) is 0 Å². The molecule has 1 rings (SSSR count). The largest absolute Gasteiger partial charge is 0.342 e. The van der Waals surface area contributed by atoms with Gasteiger partial charge >= 0.3 is 0 Å². The van der Waals surface area contributed by atoms with Crippen LogP contribution in [0.15, 0.2) is 30.3 Å². The fourth-order valence-corrected chi connectivity index (χ4v) is 1.75. The molecule has 0 aromatic heterocycles. The van der Waals surface area contributed by atoms with E-state index in [-0.39, 0.29) is 24.0 Å². The van der Waals surface area contributed by atoms with E-state index in [4.69, 9.17) is 0 Å². The Kier molecular flexibility index (Phi) is 5.35. The molecule has 18 heavy (non-hydrogen) atoms. The zero-order valence-electron chi connectivity index (χ0n) is 12.0. The lowest BCUT2D eigenvalue weighted by Crippen LogP contribution is -2.43. The van der Waals surface area contributed by atoms with E-state index in [0.717, 1.165) is 5.56 Å². The van der Waals surface area contributed by atoms with E-state index in [1.807, 2.05) is 51.2 Å². The van der Waals surface area contributed by atoms with Crippen LogP contribution in [0.4, 0.5) is 0 Å². The SMILES string of the molecule is CC(C)N[C@@H](C(=O)N(C)C(C)C)c1ccccc1. The highest BCUT2D eigenvalue weighted by molar-refractivity contribution is 5.83. The number of carbonyl (C=O) groups is 1. The molecule has 0 aliphatic carbocycles. The Labute approximate surface area is 110 Å². The second-order valence-electron chi connectivity index (χ2n) is 5.21. The van der Waals surface area contributed by atoms with Crippen LogP contribution < -0.4 is 5.32 Å². The average Bonchev–Trinajstić information content (AvgIpc) is 2.35. The maximum absolute atomic E-state index is 12.5. The van der Waals surface area contributed by atoms with Crippen molar-refractivity contribution in [2.24, 2.45) is 0 Å². The first kappa shape index (κ1) is 14.7. The van der Waals surface area contributed by atoms with Gasteiger partial charge in [-0.1, -0.05) is 30.3 Å². The Morgan fingerprint density at radius 3 is 2.11 bits per heavy atom. The van der Waals surface area contributed by atoms with Gasteiger partial charge in [0.05, 0.1) is 0 Å². The molecule has 0 bridgehead atoms. The smallest absolute Gasteiger partial charge is 0.244 e. The summed E-state index contributed by atoms with van der Waals surface area (Å²) in [5.74, 6) is 0.116. The van der Waals surface area contributed by atoms with Crippen molar-refractivity contribution in [1.29, 1.82) is 0 Å². The third-order valence-corrected chi connectivity index (χ3v) is 3.00. The van der Waals surface area contributed by atoms with Gasteiger partial charge in [-0.25, -0.2) is 0 Å². The first-order valence-corrected chi connectivity index (χ1v) is 6.51. The van der Waals surface area contributed by atoms with Gasteiger partial charge in [0.1, 0.15) is 6.04 Å². The molecule has 0 saturated heterocycles. The second kappa shape index (κ2) is 6.55. The number of amides is 1. The van der Waals surface area contributed by atoms with Crippen molar-refractivity contribution in [2.45, 2.75) is 45.8 Å². The number of rotatable bonds is 5. The predicted molar refractivity (Wildman–Crippen MR) is 75.4 cm³/mol. The number of nitrogens with zero attached hydrogens (tertiary/aromatic N) is 1. The Bertz CT molecular complexity index is 373. The summed E-state index contributed by atoms with van der Waals surface area (Å²) in [5.41, 5.74) is 1.02. The summed E-state index contributed by atoms with van der Waals surface area (Å²) in [5, 5.41) is 3.34. The summed E-state index contributed by atoms with van der Waals surface area (Å²) in [7, 11) is 1.85.